The van der Waals surface area contributed by atoms with E-state index < -0.39 is 5.82 Å². The Bertz CT molecular complexity index is 324. The molecule has 0 aliphatic rings. The first-order valence-corrected chi connectivity index (χ1v) is 6.30. The van der Waals surface area contributed by atoms with E-state index in [9.17, 15) is 4.79 Å². The first kappa shape index (κ1) is 13.1. The fourth-order valence-corrected chi connectivity index (χ4v) is 1.90. The fourth-order valence-electron chi connectivity index (χ4n) is 1.90. The monoisotopic (exact) mass is 226 g/mol. The molecule has 0 bridgehead atoms. The van der Waals surface area contributed by atoms with Gasteiger partial charge >= 0.3 is 5.82 Å². The topological polar surface area (TPSA) is 43.4 Å². The Hall–Kier alpha value is -0.990. The summed E-state index contributed by atoms with van der Waals surface area (Å²) in [6, 6.07) is 0. The summed E-state index contributed by atoms with van der Waals surface area (Å²) in [5, 5.41) is 0. The third kappa shape index (κ3) is 5.19. The second kappa shape index (κ2) is 7.31. The lowest BCUT2D eigenvalue weighted by atomic mass is 9.98. The Morgan fingerprint density at radius 1 is 1.25 bits per heavy atom. The summed E-state index contributed by atoms with van der Waals surface area (Å²) < 4.78 is 9.48. The van der Waals surface area contributed by atoms with Crippen molar-refractivity contribution in [3.63, 3.8) is 0 Å². The molecule has 0 aromatic carbocycles. The molecule has 1 heterocycles. The Morgan fingerprint density at radius 3 is 2.62 bits per heavy atom. The molecule has 0 N–H and O–H groups in total. The van der Waals surface area contributed by atoms with Gasteiger partial charge in [0.15, 0.2) is 0 Å². The van der Waals surface area contributed by atoms with Crippen LogP contribution in [0.5, 0.6) is 0 Å². The summed E-state index contributed by atoms with van der Waals surface area (Å²) in [4.78, 5) is 10.7. The number of rotatable bonds is 8. The van der Waals surface area contributed by atoms with Crippen molar-refractivity contribution >= 4 is 0 Å². The number of hydrogen-bond acceptors (Lipinski definition) is 3. The Kier molecular flexibility index (Phi) is 5.98. The summed E-state index contributed by atoms with van der Waals surface area (Å²) in [5.74, 6) is 0.638. The van der Waals surface area contributed by atoms with Gasteiger partial charge in [-0.3, -0.25) is 0 Å². The highest BCUT2D eigenvalue weighted by atomic mass is 16.6. The van der Waals surface area contributed by atoms with Crippen LogP contribution in [0.1, 0.15) is 58.1 Å². The minimum Gasteiger partial charge on any atom is -0.399 e. The van der Waals surface area contributed by atoms with Crippen molar-refractivity contribution in [3.8, 4) is 0 Å². The van der Waals surface area contributed by atoms with Crippen LogP contribution in [0.3, 0.4) is 0 Å². The van der Waals surface area contributed by atoms with Crippen LogP contribution < -0.4 is 5.82 Å². The first-order chi connectivity index (χ1) is 7.72. The van der Waals surface area contributed by atoms with Gasteiger partial charge in [-0.15, -0.1) is 0 Å². The highest BCUT2D eigenvalue weighted by molar-refractivity contribution is 4.86. The summed E-state index contributed by atoms with van der Waals surface area (Å²) in [7, 11) is 0. The number of unbranched alkanes of at least 4 members (excludes halogenated alkanes) is 4. The van der Waals surface area contributed by atoms with E-state index in [2.05, 4.69) is 18.3 Å². The van der Waals surface area contributed by atoms with Gasteiger partial charge in [-0.05, 0) is 5.92 Å². The van der Waals surface area contributed by atoms with Crippen LogP contribution in [-0.2, 0) is 6.42 Å². The van der Waals surface area contributed by atoms with Gasteiger partial charge in [0.05, 0.1) is 0 Å². The predicted octanol–water partition coefficient (Wildman–Crippen LogP) is 3.77. The maximum Gasteiger partial charge on any atom is 0.518 e. The van der Waals surface area contributed by atoms with Crippen LogP contribution in [0.25, 0.3) is 0 Å². The third-order valence-electron chi connectivity index (χ3n) is 2.85. The van der Waals surface area contributed by atoms with Crippen molar-refractivity contribution in [2.45, 2.75) is 58.8 Å². The van der Waals surface area contributed by atoms with E-state index in [0.29, 0.717) is 11.7 Å². The minimum absolute atomic E-state index is 0.558. The Labute approximate surface area is 96.8 Å². The molecule has 92 valence electrons. The maximum atomic E-state index is 10.7. The first-order valence-electron chi connectivity index (χ1n) is 6.30. The van der Waals surface area contributed by atoms with E-state index in [4.69, 9.17) is 4.42 Å². The Balaban J connectivity index is 2.11. The molecule has 1 aromatic rings. The molecule has 0 saturated carbocycles. The quantitative estimate of drug-likeness (QED) is 0.634. The second-order valence-electron chi connectivity index (χ2n) is 4.57. The van der Waals surface area contributed by atoms with Gasteiger partial charge in [-0.2, -0.15) is 0 Å². The molecule has 0 aliphatic heterocycles. The van der Waals surface area contributed by atoms with Gasteiger partial charge in [0, 0.05) is 6.42 Å². The molecule has 0 fully saturated rings. The van der Waals surface area contributed by atoms with E-state index in [-0.39, 0.29) is 0 Å². The number of hydrogen-bond donors (Lipinski definition) is 0. The summed E-state index contributed by atoms with van der Waals surface area (Å²) in [6.07, 6.45) is 9.97. The van der Waals surface area contributed by atoms with Crippen LogP contribution >= 0.6 is 0 Å². The van der Waals surface area contributed by atoms with Crippen LogP contribution in [-0.4, -0.2) is 0 Å². The normalized spacial score (nSPS) is 12.9. The van der Waals surface area contributed by atoms with E-state index in [0.717, 1.165) is 6.42 Å². The molecule has 3 heteroatoms. The van der Waals surface area contributed by atoms with Crippen LogP contribution in [0, 0.1) is 5.92 Å². The molecule has 0 aliphatic carbocycles. The fraction of sp³-hybridized carbons (Fsp3) is 0.769. The van der Waals surface area contributed by atoms with Crippen molar-refractivity contribution in [2.24, 2.45) is 5.92 Å². The molecule has 1 aromatic heterocycles. The van der Waals surface area contributed by atoms with Gasteiger partial charge in [-0.25, -0.2) is 4.79 Å². The second-order valence-corrected chi connectivity index (χ2v) is 4.57. The molecule has 16 heavy (non-hydrogen) atoms. The molecule has 1 rings (SSSR count). The van der Waals surface area contributed by atoms with Crippen LogP contribution in [0.15, 0.2) is 19.9 Å². The average molecular weight is 226 g/mol. The van der Waals surface area contributed by atoms with Crippen molar-refractivity contribution in [3.05, 3.63) is 22.6 Å². The molecule has 1 unspecified atom stereocenters. The Morgan fingerprint density at radius 2 is 2.00 bits per heavy atom. The van der Waals surface area contributed by atoms with Crippen LogP contribution in [0.4, 0.5) is 0 Å². The van der Waals surface area contributed by atoms with Crippen molar-refractivity contribution in [2.75, 3.05) is 0 Å². The lowest BCUT2D eigenvalue weighted by Gasteiger charge is -2.08. The molecule has 0 spiro atoms. The van der Waals surface area contributed by atoms with E-state index in [1.54, 1.807) is 0 Å². The van der Waals surface area contributed by atoms with Crippen molar-refractivity contribution < 1.29 is 8.83 Å². The average Bonchev–Trinajstić information content (AvgIpc) is 2.63. The zero-order valence-electron chi connectivity index (χ0n) is 10.3. The van der Waals surface area contributed by atoms with E-state index in [1.807, 2.05) is 0 Å². The molecule has 0 saturated heterocycles. The van der Waals surface area contributed by atoms with Gasteiger partial charge < -0.3 is 8.83 Å². The zero-order chi connectivity index (χ0) is 11.8. The standard InChI is InChI=1S/C13H22O3/c1-3-4-5-6-7-8-11(2)9-12-10-15-13(14)16-12/h10-11H,3-9H2,1-2H3. The molecular weight excluding hydrogens is 204 g/mol. The zero-order valence-corrected chi connectivity index (χ0v) is 10.3. The van der Waals surface area contributed by atoms with Crippen molar-refractivity contribution in [1.82, 2.24) is 0 Å². The van der Waals surface area contributed by atoms with E-state index in [1.165, 1.54) is 44.8 Å². The van der Waals surface area contributed by atoms with Gasteiger partial charge in [0.25, 0.3) is 0 Å². The van der Waals surface area contributed by atoms with Crippen LogP contribution in [0.2, 0.25) is 0 Å². The van der Waals surface area contributed by atoms with E-state index >= 15 is 0 Å². The largest absolute Gasteiger partial charge is 0.518 e. The lowest BCUT2D eigenvalue weighted by molar-refractivity contribution is 0.360. The summed E-state index contributed by atoms with van der Waals surface area (Å²) in [5.41, 5.74) is 0. The third-order valence-corrected chi connectivity index (χ3v) is 2.85. The highest BCUT2D eigenvalue weighted by Gasteiger charge is 2.07. The molecular formula is C13H22O3. The molecule has 0 amide bonds. The molecule has 0 radical (unpaired) electrons. The SMILES string of the molecule is CCCCCCCC(C)Cc1coc(=O)o1. The molecule has 1 atom stereocenters. The van der Waals surface area contributed by atoms with Crippen molar-refractivity contribution in [1.29, 1.82) is 0 Å². The van der Waals surface area contributed by atoms with Gasteiger partial charge in [0.2, 0.25) is 0 Å². The lowest BCUT2D eigenvalue weighted by Crippen LogP contribution is -1.99. The highest BCUT2D eigenvalue weighted by Crippen LogP contribution is 2.15. The maximum absolute atomic E-state index is 10.7. The molecule has 3 nitrogen and oxygen atoms in total. The minimum atomic E-state index is -0.592. The summed E-state index contributed by atoms with van der Waals surface area (Å²) in [6.45, 7) is 4.41. The van der Waals surface area contributed by atoms with Gasteiger partial charge in [0.1, 0.15) is 12.0 Å². The van der Waals surface area contributed by atoms with Gasteiger partial charge in [-0.1, -0.05) is 52.4 Å². The predicted molar refractivity (Wildman–Crippen MR) is 63.5 cm³/mol. The smallest absolute Gasteiger partial charge is 0.399 e. The summed E-state index contributed by atoms with van der Waals surface area (Å²) >= 11 is 0.